The molecule has 0 aliphatic carbocycles. The van der Waals surface area contributed by atoms with Crippen LogP contribution < -0.4 is 0 Å². The minimum Gasteiger partial charge on any atom is -0.304 e. The topological polar surface area (TPSA) is 3.24 Å². The van der Waals surface area contributed by atoms with E-state index in [9.17, 15) is 0 Å². The first-order valence-electron chi connectivity index (χ1n) is 4.68. The highest BCUT2D eigenvalue weighted by atomic mass is 15.1. The van der Waals surface area contributed by atoms with Crippen molar-refractivity contribution in [2.75, 3.05) is 19.6 Å². The summed E-state index contributed by atoms with van der Waals surface area (Å²) in [5, 5.41) is 0. The third-order valence-corrected chi connectivity index (χ3v) is 2.03. The number of hydrogen-bond acceptors (Lipinski definition) is 1. The van der Waals surface area contributed by atoms with Gasteiger partial charge in [0.2, 0.25) is 0 Å². The lowest BCUT2D eigenvalue weighted by Gasteiger charge is -2.17. The lowest BCUT2D eigenvalue weighted by molar-refractivity contribution is 0.297. The third kappa shape index (κ3) is 6.11. The minimum atomic E-state index is 1.17. The highest BCUT2D eigenvalue weighted by Crippen LogP contribution is 1.98. The Kier molecular flexibility index (Phi) is 7.59. The Hall–Kier alpha value is -0.300. The maximum absolute atomic E-state index is 3.70. The van der Waals surface area contributed by atoms with Crippen LogP contribution in [0.4, 0.5) is 0 Å². The van der Waals surface area contributed by atoms with Crippen LogP contribution >= 0.6 is 0 Å². The van der Waals surface area contributed by atoms with Gasteiger partial charge in [0.25, 0.3) is 0 Å². The van der Waals surface area contributed by atoms with Gasteiger partial charge in [-0.25, -0.2) is 0 Å². The quantitative estimate of drug-likeness (QED) is 0.403. The molecule has 0 bridgehead atoms. The second kappa shape index (κ2) is 7.80. The summed E-state index contributed by atoms with van der Waals surface area (Å²) in [5.41, 5.74) is 0. The fourth-order valence-electron chi connectivity index (χ4n) is 1.16. The minimum absolute atomic E-state index is 1.17. The maximum atomic E-state index is 3.70. The van der Waals surface area contributed by atoms with Crippen LogP contribution in [-0.4, -0.2) is 24.5 Å². The average Bonchev–Trinajstić information content (AvgIpc) is 2.05. The van der Waals surface area contributed by atoms with Crippen molar-refractivity contribution < 1.29 is 0 Å². The fourth-order valence-corrected chi connectivity index (χ4v) is 1.16. The van der Waals surface area contributed by atoms with Crippen LogP contribution in [0.1, 0.15) is 33.1 Å². The number of hydrogen-bond donors (Lipinski definition) is 0. The summed E-state index contributed by atoms with van der Waals surface area (Å²) < 4.78 is 0. The molecule has 0 aliphatic rings. The van der Waals surface area contributed by atoms with Crippen LogP contribution in [0.5, 0.6) is 0 Å². The van der Waals surface area contributed by atoms with Gasteiger partial charge in [-0.3, -0.25) is 0 Å². The van der Waals surface area contributed by atoms with Gasteiger partial charge in [0.05, 0.1) is 0 Å². The van der Waals surface area contributed by atoms with Gasteiger partial charge < -0.3 is 4.90 Å². The van der Waals surface area contributed by atoms with E-state index in [-0.39, 0.29) is 0 Å². The summed E-state index contributed by atoms with van der Waals surface area (Å²) >= 11 is 0. The van der Waals surface area contributed by atoms with Crippen LogP contribution in [0.2, 0.25) is 0 Å². The Morgan fingerprint density at radius 2 is 1.82 bits per heavy atom. The molecule has 0 aromatic heterocycles. The van der Waals surface area contributed by atoms with E-state index in [0.717, 1.165) is 0 Å². The molecule has 0 fully saturated rings. The molecule has 0 aromatic carbocycles. The Balaban J connectivity index is 3.13. The van der Waals surface area contributed by atoms with Crippen LogP contribution in [0.3, 0.4) is 0 Å². The van der Waals surface area contributed by atoms with Crippen molar-refractivity contribution in [1.29, 1.82) is 0 Å². The molecule has 0 heterocycles. The molecule has 0 aromatic rings. The number of allylic oxidation sites excluding steroid dienone is 1. The van der Waals surface area contributed by atoms with E-state index in [2.05, 4.69) is 25.3 Å². The molecule has 1 nitrogen and oxygen atoms in total. The number of unbranched alkanes of at least 4 members (excludes halogenated alkanes) is 2. The second-order valence-corrected chi connectivity index (χ2v) is 2.81. The Labute approximate surface area is 71.1 Å². The van der Waals surface area contributed by atoms with Crippen molar-refractivity contribution in [3.05, 3.63) is 12.7 Å². The fraction of sp³-hybridized carbons (Fsp3) is 0.800. The molecule has 1 heteroatoms. The third-order valence-electron chi connectivity index (χ3n) is 2.03. The highest BCUT2D eigenvalue weighted by molar-refractivity contribution is 4.66. The largest absolute Gasteiger partial charge is 0.304 e. The van der Waals surface area contributed by atoms with Crippen molar-refractivity contribution in [2.24, 2.45) is 0 Å². The first-order chi connectivity index (χ1) is 5.35. The van der Waals surface area contributed by atoms with Crippen molar-refractivity contribution in [3.8, 4) is 0 Å². The molecule has 0 atom stereocenters. The van der Waals surface area contributed by atoms with Crippen molar-refractivity contribution >= 4 is 0 Å². The molecule has 0 N–H and O–H groups in total. The number of rotatable bonds is 7. The van der Waals surface area contributed by atoms with Gasteiger partial charge in [-0.05, 0) is 38.9 Å². The lowest BCUT2D eigenvalue weighted by atomic mass is 10.2. The monoisotopic (exact) mass is 155 g/mol. The van der Waals surface area contributed by atoms with Gasteiger partial charge in [-0.15, -0.1) is 6.58 Å². The molecule has 0 aliphatic heterocycles. The Morgan fingerprint density at radius 3 is 2.27 bits per heavy atom. The Morgan fingerprint density at radius 1 is 1.18 bits per heavy atom. The molecular weight excluding hydrogens is 134 g/mol. The van der Waals surface area contributed by atoms with Crippen molar-refractivity contribution in [2.45, 2.75) is 33.1 Å². The van der Waals surface area contributed by atoms with Gasteiger partial charge in [-0.1, -0.05) is 19.9 Å². The molecular formula is C10H21N. The summed E-state index contributed by atoms with van der Waals surface area (Å²) in [5.74, 6) is 0. The average molecular weight is 155 g/mol. The molecule has 66 valence electrons. The predicted octanol–water partition coefficient (Wildman–Crippen LogP) is 2.68. The molecule has 0 spiro atoms. The Bertz CT molecular complexity index is 84.9. The van der Waals surface area contributed by atoms with E-state index in [0.29, 0.717) is 0 Å². The standard InChI is InChI=1S/C10H21N/c1-4-7-8-9-10-11(5-2)6-3/h4H,1,5-10H2,2-3H3. The van der Waals surface area contributed by atoms with Crippen LogP contribution in [-0.2, 0) is 0 Å². The van der Waals surface area contributed by atoms with E-state index in [4.69, 9.17) is 0 Å². The van der Waals surface area contributed by atoms with Crippen molar-refractivity contribution in [3.63, 3.8) is 0 Å². The molecule has 0 rings (SSSR count). The zero-order valence-electron chi connectivity index (χ0n) is 7.97. The summed E-state index contributed by atoms with van der Waals surface area (Å²) in [6.07, 6.45) is 5.78. The second-order valence-electron chi connectivity index (χ2n) is 2.81. The molecule has 0 saturated heterocycles. The molecule has 0 saturated carbocycles. The van der Waals surface area contributed by atoms with E-state index < -0.39 is 0 Å². The molecule has 11 heavy (non-hydrogen) atoms. The van der Waals surface area contributed by atoms with Gasteiger partial charge >= 0.3 is 0 Å². The normalized spacial score (nSPS) is 10.5. The van der Waals surface area contributed by atoms with Gasteiger partial charge in [0.15, 0.2) is 0 Å². The summed E-state index contributed by atoms with van der Waals surface area (Å²) in [7, 11) is 0. The van der Waals surface area contributed by atoms with E-state index >= 15 is 0 Å². The zero-order chi connectivity index (χ0) is 8.53. The maximum Gasteiger partial charge on any atom is -0.00189 e. The smallest absolute Gasteiger partial charge is 0.00189 e. The van der Waals surface area contributed by atoms with Gasteiger partial charge in [0, 0.05) is 0 Å². The van der Waals surface area contributed by atoms with Crippen LogP contribution in [0.25, 0.3) is 0 Å². The predicted molar refractivity (Wildman–Crippen MR) is 51.8 cm³/mol. The SMILES string of the molecule is C=CCCCCN(CC)CC. The van der Waals surface area contributed by atoms with E-state index in [1.807, 2.05) is 6.08 Å². The van der Waals surface area contributed by atoms with E-state index in [1.54, 1.807) is 0 Å². The van der Waals surface area contributed by atoms with E-state index in [1.165, 1.54) is 38.9 Å². The molecule has 0 amide bonds. The summed E-state index contributed by atoms with van der Waals surface area (Å²) in [6, 6.07) is 0. The van der Waals surface area contributed by atoms with Crippen molar-refractivity contribution in [1.82, 2.24) is 4.90 Å². The zero-order valence-corrected chi connectivity index (χ0v) is 7.97. The van der Waals surface area contributed by atoms with Gasteiger partial charge in [-0.2, -0.15) is 0 Å². The van der Waals surface area contributed by atoms with Gasteiger partial charge in [0.1, 0.15) is 0 Å². The molecule has 0 radical (unpaired) electrons. The summed E-state index contributed by atoms with van der Waals surface area (Å²) in [4.78, 5) is 2.46. The first kappa shape index (κ1) is 10.7. The number of nitrogens with zero attached hydrogens (tertiary/aromatic N) is 1. The molecule has 0 unspecified atom stereocenters. The highest BCUT2D eigenvalue weighted by Gasteiger charge is 1.96. The lowest BCUT2D eigenvalue weighted by Crippen LogP contribution is -2.23. The first-order valence-corrected chi connectivity index (χ1v) is 4.68. The van der Waals surface area contributed by atoms with Crippen LogP contribution in [0, 0.1) is 0 Å². The summed E-state index contributed by atoms with van der Waals surface area (Å²) in [6.45, 7) is 11.8. The van der Waals surface area contributed by atoms with Crippen LogP contribution in [0.15, 0.2) is 12.7 Å².